The van der Waals surface area contributed by atoms with E-state index >= 15 is 0 Å². The lowest BCUT2D eigenvalue weighted by molar-refractivity contribution is 0.392. The number of aromatic nitrogens is 1. The van der Waals surface area contributed by atoms with Crippen LogP contribution in [0.1, 0.15) is 11.5 Å². The lowest BCUT2D eigenvalue weighted by Crippen LogP contribution is -2.15. The van der Waals surface area contributed by atoms with E-state index in [0.717, 1.165) is 0 Å². The maximum absolute atomic E-state index is 12.0. The van der Waals surface area contributed by atoms with Crippen LogP contribution in [0.5, 0.6) is 0 Å². The predicted molar refractivity (Wildman–Crippen MR) is 76.6 cm³/mol. The van der Waals surface area contributed by atoms with Gasteiger partial charge in [0.2, 0.25) is 10.0 Å². The van der Waals surface area contributed by atoms with Gasteiger partial charge in [0, 0.05) is 15.6 Å². The summed E-state index contributed by atoms with van der Waals surface area (Å²) < 4.78 is 31.9. The Labute approximate surface area is 124 Å². The van der Waals surface area contributed by atoms with Crippen LogP contribution in [0.15, 0.2) is 33.3 Å². The molecule has 102 valence electrons. The van der Waals surface area contributed by atoms with Crippen LogP contribution in [0, 0.1) is 6.92 Å². The Balaban J connectivity index is 2.19. The topological polar surface area (TPSA) is 72.2 Å². The van der Waals surface area contributed by atoms with E-state index in [1.807, 2.05) is 0 Å². The average molecular weight is 366 g/mol. The van der Waals surface area contributed by atoms with E-state index in [-0.39, 0.29) is 5.75 Å². The van der Waals surface area contributed by atoms with Crippen molar-refractivity contribution in [2.75, 3.05) is 4.72 Å². The van der Waals surface area contributed by atoms with E-state index in [9.17, 15) is 8.42 Å². The average Bonchev–Trinajstić information content (AvgIpc) is 2.68. The molecule has 0 spiro atoms. The van der Waals surface area contributed by atoms with Crippen LogP contribution in [0.2, 0.25) is 5.02 Å². The molecule has 0 saturated heterocycles. The van der Waals surface area contributed by atoms with Crippen molar-refractivity contribution in [2.45, 2.75) is 12.7 Å². The number of nitrogens with one attached hydrogen (secondary N) is 1. The van der Waals surface area contributed by atoms with E-state index in [1.165, 1.54) is 6.07 Å². The fourth-order valence-corrected chi connectivity index (χ4v) is 3.21. The molecule has 0 aliphatic carbocycles. The quantitative estimate of drug-likeness (QED) is 0.902. The summed E-state index contributed by atoms with van der Waals surface area (Å²) in [6.45, 7) is 1.70. The van der Waals surface area contributed by atoms with Crippen LogP contribution in [-0.2, 0) is 15.8 Å². The van der Waals surface area contributed by atoms with Crippen LogP contribution >= 0.6 is 27.5 Å². The number of hydrogen-bond acceptors (Lipinski definition) is 4. The van der Waals surface area contributed by atoms with Gasteiger partial charge in [0.05, 0.1) is 5.69 Å². The minimum absolute atomic E-state index is 0.261. The number of sulfonamides is 1. The molecule has 0 radical (unpaired) electrons. The summed E-state index contributed by atoms with van der Waals surface area (Å²) in [5.74, 6) is 0.303. The number of halogens is 2. The van der Waals surface area contributed by atoms with E-state index < -0.39 is 10.0 Å². The number of aryl methyl sites for hydroxylation is 1. The molecule has 1 heterocycles. The highest BCUT2D eigenvalue weighted by Gasteiger charge is 2.16. The van der Waals surface area contributed by atoms with Gasteiger partial charge in [0.25, 0.3) is 0 Å². The second-order valence-corrected chi connectivity index (χ2v) is 6.93. The summed E-state index contributed by atoms with van der Waals surface area (Å²) in [7, 11) is -3.57. The Morgan fingerprint density at radius 3 is 2.79 bits per heavy atom. The van der Waals surface area contributed by atoms with Crippen LogP contribution in [0.25, 0.3) is 0 Å². The molecule has 5 nitrogen and oxygen atoms in total. The fourth-order valence-electron chi connectivity index (χ4n) is 1.46. The van der Waals surface area contributed by atoms with Gasteiger partial charge >= 0.3 is 0 Å². The van der Waals surface area contributed by atoms with Gasteiger partial charge in [-0.3, -0.25) is 4.72 Å². The Morgan fingerprint density at radius 1 is 1.42 bits per heavy atom. The van der Waals surface area contributed by atoms with Crippen LogP contribution in [-0.4, -0.2) is 13.6 Å². The zero-order chi connectivity index (χ0) is 14.0. The first-order valence-corrected chi connectivity index (χ1v) is 8.06. The fraction of sp³-hybridized carbons (Fsp3) is 0.182. The highest BCUT2D eigenvalue weighted by molar-refractivity contribution is 9.10. The zero-order valence-electron chi connectivity index (χ0n) is 9.85. The van der Waals surface area contributed by atoms with E-state index in [4.69, 9.17) is 16.1 Å². The summed E-state index contributed by atoms with van der Waals surface area (Å²) in [5.41, 5.74) is 0.732. The SMILES string of the molecule is Cc1cc(CS(=O)(=O)Nc2cc(Cl)ccc2Br)no1. The van der Waals surface area contributed by atoms with Crippen molar-refractivity contribution >= 4 is 43.2 Å². The van der Waals surface area contributed by atoms with Crippen LogP contribution < -0.4 is 4.72 Å². The van der Waals surface area contributed by atoms with Crippen molar-refractivity contribution in [3.63, 3.8) is 0 Å². The van der Waals surface area contributed by atoms with Gasteiger partial charge in [0.1, 0.15) is 17.2 Å². The van der Waals surface area contributed by atoms with Crippen molar-refractivity contribution in [1.29, 1.82) is 0 Å². The normalized spacial score (nSPS) is 11.5. The summed E-state index contributed by atoms with van der Waals surface area (Å²) in [4.78, 5) is 0. The first-order valence-electron chi connectivity index (χ1n) is 5.23. The van der Waals surface area contributed by atoms with E-state index in [1.54, 1.807) is 25.1 Å². The maximum atomic E-state index is 12.0. The summed E-state index contributed by atoms with van der Waals surface area (Å²) >= 11 is 9.08. The Hall–Kier alpha value is -1.05. The molecule has 1 aromatic carbocycles. The number of benzene rings is 1. The Kier molecular flexibility index (Phi) is 4.17. The number of rotatable bonds is 4. The molecule has 0 fully saturated rings. The largest absolute Gasteiger partial charge is 0.361 e. The molecular formula is C11H10BrClN2O3S. The second-order valence-electron chi connectivity index (χ2n) is 3.91. The highest BCUT2D eigenvalue weighted by Crippen LogP contribution is 2.27. The number of hydrogen-bond donors (Lipinski definition) is 1. The van der Waals surface area contributed by atoms with Gasteiger partial charge in [0.15, 0.2) is 0 Å². The van der Waals surface area contributed by atoms with Gasteiger partial charge in [-0.25, -0.2) is 8.42 Å². The highest BCUT2D eigenvalue weighted by atomic mass is 79.9. The summed E-state index contributed by atoms with van der Waals surface area (Å²) in [6.07, 6.45) is 0. The third-order valence-electron chi connectivity index (χ3n) is 2.21. The monoisotopic (exact) mass is 364 g/mol. The molecule has 0 aliphatic heterocycles. The lowest BCUT2D eigenvalue weighted by Gasteiger charge is -2.08. The first kappa shape index (κ1) is 14.4. The zero-order valence-corrected chi connectivity index (χ0v) is 13.0. The van der Waals surface area contributed by atoms with Gasteiger partial charge in [-0.2, -0.15) is 0 Å². The van der Waals surface area contributed by atoms with Crippen molar-refractivity contribution in [3.8, 4) is 0 Å². The van der Waals surface area contributed by atoms with Crippen molar-refractivity contribution in [2.24, 2.45) is 0 Å². The third kappa shape index (κ3) is 3.95. The van der Waals surface area contributed by atoms with Crippen molar-refractivity contribution in [1.82, 2.24) is 5.16 Å². The molecule has 1 N–H and O–H groups in total. The van der Waals surface area contributed by atoms with Gasteiger partial charge < -0.3 is 4.52 Å². The lowest BCUT2D eigenvalue weighted by atomic mass is 10.3. The molecule has 2 rings (SSSR count). The Morgan fingerprint density at radius 2 is 2.16 bits per heavy atom. The second kappa shape index (κ2) is 5.52. The Bertz CT molecular complexity index is 700. The van der Waals surface area contributed by atoms with Gasteiger partial charge in [-0.05, 0) is 41.1 Å². The molecule has 0 amide bonds. The molecular weight excluding hydrogens is 356 g/mol. The smallest absolute Gasteiger partial charge is 0.238 e. The standard InChI is InChI=1S/C11H10BrClN2O3S/c1-7-4-9(14-18-7)6-19(16,17)15-11-5-8(13)2-3-10(11)12/h2-5,15H,6H2,1H3. The predicted octanol–water partition coefficient (Wildman–Crippen LogP) is 3.34. The van der Waals surface area contributed by atoms with Crippen LogP contribution in [0.3, 0.4) is 0 Å². The van der Waals surface area contributed by atoms with Gasteiger partial charge in [-0.15, -0.1) is 0 Å². The molecule has 0 atom stereocenters. The molecule has 2 aromatic rings. The molecule has 8 heteroatoms. The van der Waals surface area contributed by atoms with Crippen molar-refractivity contribution < 1.29 is 12.9 Å². The van der Waals surface area contributed by atoms with Crippen LogP contribution in [0.4, 0.5) is 5.69 Å². The molecule has 0 saturated carbocycles. The van der Waals surface area contributed by atoms with E-state index in [2.05, 4.69) is 25.8 Å². The number of nitrogens with zero attached hydrogens (tertiary/aromatic N) is 1. The number of anilines is 1. The van der Waals surface area contributed by atoms with E-state index in [0.29, 0.717) is 26.6 Å². The summed E-state index contributed by atoms with van der Waals surface area (Å²) in [6, 6.07) is 6.42. The minimum atomic E-state index is -3.57. The minimum Gasteiger partial charge on any atom is -0.361 e. The maximum Gasteiger partial charge on any atom is 0.238 e. The van der Waals surface area contributed by atoms with Crippen molar-refractivity contribution in [3.05, 3.63) is 45.2 Å². The third-order valence-corrected chi connectivity index (χ3v) is 4.34. The molecule has 0 unspecified atom stereocenters. The van der Waals surface area contributed by atoms with Gasteiger partial charge in [-0.1, -0.05) is 16.8 Å². The first-order chi connectivity index (χ1) is 8.85. The molecule has 0 aliphatic rings. The molecule has 19 heavy (non-hydrogen) atoms. The molecule has 0 bridgehead atoms. The molecule has 1 aromatic heterocycles. The summed E-state index contributed by atoms with van der Waals surface area (Å²) in [5, 5.41) is 4.09.